The van der Waals surface area contributed by atoms with Gasteiger partial charge in [0.05, 0.1) is 6.04 Å². The highest BCUT2D eigenvalue weighted by molar-refractivity contribution is 9.10. The molecule has 1 aromatic rings. The van der Waals surface area contributed by atoms with E-state index in [1.165, 1.54) is 0 Å². The average Bonchev–Trinajstić information content (AvgIpc) is 2.17. The van der Waals surface area contributed by atoms with Gasteiger partial charge in [-0.1, -0.05) is 15.9 Å². The van der Waals surface area contributed by atoms with Gasteiger partial charge in [0.25, 0.3) is 0 Å². The average molecular weight is 354 g/mol. The van der Waals surface area contributed by atoms with Crippen LogP contribution in [-0.2, 0) is 0 Å². The van der Waals surface area contributed by atoms with Crippen LogP contribution in [0.15, 0.2) is 22.7 Å². The molecule has 1 unspecified atom stereocenters. The van der Waals surface area contributed by atoms with Crippen molar-refractivity contribution < 1.29 is 30.7 Å². The van der Waals surface area contributed by atoms with Crippen LogP contribution in [0.5, 0.6) is 0 Å². The molecule has 0 saturated carbocycles. The Morgan fingerprint density at radius 1 is 1.00 bits per heavy atom. The van der Waals surface area contributed by atoms with E-state index < -0.39 is 35.7 Å². The first-order valence-electron chi connectivity index (χ1n) is 4.78. The Morgan fingerprint density at radius 3 is 1.89 bits per heavy atom. The van der Waals surface area contributed by atoms with E-state index in [9.17, 15) is 30.7 Å². The summed E-state index contributed by atoms with van der Waals surface area (Å²) in [5.41, 5.74) is 4.13. The fourth-order valence-electron chi connectivity index (χ4n) is 1.54. The smallest absolute Gasteiger partial charge is 0.323 e. The Labute approximate surface area is 111 Å². The van der Waals surface area contributed by atoms with Crippen LogP contribution in [0.4, 0.5) is 30.7 Å². The third kappa shape index (κ3) is 3.82. The van der Waals surface area contributed by atoms with Crippen LogP contribution in [0.3, 0.4) is 0 Å². The van der Waals surface area contributed by atoms with E-state index in [0.29, 0.717) is 0 Å². The second-order valence-corrected chi connectivity index (χ2v) is 4.67. The lowest BCUT2D eigenvalue weighted by molar-refractivity contribution is -0.290. The van der Waals surface area contributed by atoms with Gasteiger partial charge < -0.3 is 5.73 Å². The highest BCUT2D eigenvalue weighted by atomic mass is 79.9. The summed E-state index contributed by atoms with van der Waals surface area (Å²) >= 11 is 2.83. The lowest BCUT2D eigenvalue weighted by Crippen LogP contribution is -2.44. The SMILES string of the molecule is NC(c1cc(Br)ccc1F)C(C(F)(F)F)C(F)(F)F. The molecule has 0 saturated heterocycles. The summed E-state index contributed by atoms with van der Waals surface area (Å²) in [6.07, 6.45) is -11.2. The van der Waals surface area contributed by atoms with Crippen LogP contribution >= 0.6 is 15.9 Å². The number of halogens is 8. The summed E-state index contributed by atoms with van der Waals surface area (Å²) < 4.78 is 88.1. The molecule has 108 valence electrons. The number of alkyl halides is 6. The largest absolute Gasteiger partial charge is 0.402 e. The Kier molecular flexibility index (Phi) is 4.51. The molecule has 0 fully saturated rings. The molecule has 0 aromatic heterocycles. The minimum atomic E-state index is -5.62. The zero-order valence-corrected chi connectivity index (χ0v) is 10.6. The Bertz CT molecular complexity index is 440. The molecular formula is C10H7BrF7N. The minimum absolute atomic E-state index is 0.127. The van der Waals surface area contributed by atoms with Gasteiger partial charge in [0.1, 0.15) is 5.82 Å². The van der Waals surface area contributed by atoms with Gasteiger partial charge in [0.15, 0.2) is 5.92 Å². The predicted octanol–water partition coefficient (Wildman–Crippen LogP) is 4.33. The summed E-state index contributed by atoms with van der Waals surface area (Å²) in [6.45, 7) is 0. The lowest BCUT2D eigenvalue weighted by atomic mass is 9.92. The van der Waals surface area contributed by atoms with E-state index in [1.807, 2.05) is 0 Å². The Morgan fingerprint density at radius 2 is 1.47 bits per heavy atom. The first-order chi connectivity index (χ1) is 8.44. The van der Waals surface area contributed by atoms with Crippen molar-refractivity contribution in [3.63, 3.8) is 0 Å². The van der Waals surface area contributed by atoms with Crippen molar-refractivity contribution in [1.82, 2.24) is 0 Å². The molecule has 0 radical (unpaired) electrons. The quantitative estimate of drug-likeness (QED) is 0.787. The Balaban J connectivity index is 3.28. The fraction of sp³-hybridized carbons (Fsp3) is 0.400. The molecule has 0 aliphatic heterocycles. The monoisotopic (exact) mass is 353 g/mol. The number of rotatable bonds is 2. The van der Waals surface area contributed by atoms with Crippen LogP contribution in [0, 0.1) is 11.7 Å². The molecule has 0 aliphatic rings. The van der Waals surface area contributed by atoms with E-state index in [0.717, 1.165) is 18.2 Å². The van der Waals surface area contributed by atoms with E-state index in [1.54, 1.807) is 0 Å². The topological polar surface area (TPSA) is 26.0 Å². The van der Waals surface area contributed by atoms with Gasteiger partial charge in [-0.2, -0.15) is 26.3 Å². The molecule has 1 aromatic carbocycles. The maximum absolute atomic E-state index is 13.3. The zero-order valence-electron chi connectivity index (χ0n) is 8.99. The van der Waals surface area contributed by atoms with Crippen LogP contribution in [0.2, 0.25) is 0 Å². The number of nitrogens with two attached hydrogens (primary N) is 1. The Hall–Kier alpha value is -0.830. The number of benzene rings is 1. The van der Waals surface area contributed by atoms with Crippen molar-refractivity contribution in [2.45, 2.75) is 18.4 Å². The molecule has 0 bridgehead atoms. The molecule has 9 heteroatoms. The van der Waals surface area contributed by atoms with E-state index in [-0.39, 0.29) is 4.47 Å². The highest BCUT2D eigenvalue weighted by Crippen LogP contribution is 2.46. The summed E-state index contributed by atoms with van der Waals surface area (Å²) in [7, 11) is 0. The molecule has 0 heterocycles. The second kappa shape index (κ2) is 5.28. The fourth-order valence-corrected chi connectivity index (χ4v) is 1.92. The third-order valence-electron chi connectivity index (χ3n) is 2.38. The molecule has 1 nitrogen and oxygen atoms in total. The van der Waals surface area contributed by atoms with Crippen molar-refractivity contribution in [2.75, 3.05) is 0 Å². The molecule has 2 N–H and O–H groups in total. The van der Waals surface area contributed by atoms with Gasteiger partial charge in [-0.15, -0.1) is 0 Å². The minimum Gasteiger partial charge on any atom is -0.323 e. The molecule has 0 aliphatic carbocycles. The van der Waals surface area contributed by atoms with Gasteiger partial charge in [-0.3, -0.25) is 0 Å². The molecule has 1 rings (SSSR count). The summed E-state index contributed by atoms with van der Waals surface area (Å²) in [4.78, 5) is 0. The van der Waals surface area contributed by atoms with Crippen molar-refractivity contribution >= 4 is 15.9 Å². The molecular weight excluding hydrogens is 347 g/mol. The molecule has 19 heavy (non-hydrogen) atoms. The van der Waals surface area contributed by atoms with Gasteiger partial charge in [-0.25, -0.2) is 4.39 Å². The van der Waals surface area contributed by atoms with Crippen molar-refractivity contribution in [2.24, 2.45) is 11.7 Å². The van der Waals surface area contributed by atoms with Crippen LogP contribution in [0.25, 0.3) is 0 Å². The van der Waals surface area contributed by atoms with Crippen molar-refractivity contribution in [1.29, 1.82) is 0 Å². The lowest BCUT2D eigenvalue weighted by Gasteiger charge is -2.28. The van der Waals surface area contributed by atoms with E-state index in [2.05, 4.69) is 15.9 Å². The molecule has 1 atom stereocenters. The van der Waals surface area contributed by atoms with Gasteiger partial charge >= 0.3 is 12.4 Å². The van der Waals surface area contributed by atoms with Crippen LogP contribution in [0.1, 0.15) is 11.6 Å². The summed E-state index contributed by atoms with van der Waals surface area (Å²) in [5.74, 6) is -5.06. The van der Waals surface area contributed by atoms with Gasteiger partial charge in [0.2, 0.25) is 0 Å². The standard InChI is InChI=1S/C10H7BrF7N/c11-4-1-2-6(12)5(3-4)7(19)8(9(13,14)15)10(16,17)18/h1-3,7-8H,19H2. The molecule has 0 spiro atoms. The predicted molar refractivity (Wildman–Crippen MR) is 56.6 cm³/mol. The van der Waals surface area contributed by atoms with Crippen LogP contribution < -0.4 is 5.73 Å². The van der Waals surface area contributed by atoms with Crippen molar-refractivity contribution in [3.05, 3.63) is 34.1 Å². The normalized spacial score (nSPS) is 14.8. The number of hydrogen-bond donors (Lipinski definition) is 1. The highest BCUT2D eigenvalue weighted by Gasteiger charge is 2.60. The van der Waals surface area contributed by atoms with E-state index in [4.69, 9.17) is 5.73 Å². The number of hydrogen-bond acceptors (Lipinski definition) is 1. The first kappa shape index (κ1) is 16.2. The maximum Gasteiger partial charge on any atom is 0.402 e. The summed E-state index contributed by atoms with van der Waals surface area (Å²) in [5, 5.41) is 0. The van der Waals surface area contributed by atoms with E-state index >= 15 is 0 Å². The summed E-state index contributed by atoms with van der Waals surface area (Å²) in [6, 6.07) is 0.104. The van der Waals surface area contributed by atoms with Crippen molar-refractivity contribution in [3.8, 4) is 0 Å². The van der Waals surface area contributed by atoms with Gasteiger partial charge in [0, 0.05) is 10.0 Å². The van der Waals surface area contributed by atoms with Crippen LogP contribution in [-0.4, -0.2) is 12.4 Å². The maximum atomic E-state index is 13.3. The molecule has 0 amide bonds. The third-order valence-corrected chi connectivity index (χ3v) is 2.87. The second-order valence-electron chi connectivity index (χ2n) is 3.75. The van der Waals surface area contributed by atoms with Gasteiger partial charge in [-0.05, 0) is 18.2 Å². The first-order valence-corrected chi connectivity index (χ1v) is 5.58. The zero-order chi connectivity index (χ0) is 15.0.